The molecule has 1 fully saturated rings. The number of fused-ring (bicyclic) bond motifs is 1. The Morgan fingerprint density at radius 2 is 2.17 bits per heavy atom. The van der Waals surface area contributed by atoms with Crippen molar-refractivity contribution in [1.29, 1.82) is 0 Å². The van der Waals surface area contributed by atoms with Gasteiger partial charge in [0, 0.05) is 36.6 Å². The molecule has 1 aromatic heterocycles. The average Bonchev–Trinajstić information content (AvgIpc) is 2.36. The van der Waals surface area contributed by atoms with Gasteiger partial charge in [-0.05, 0) is 36.6 Å². The van der Waals surface area contributed by atoms with Gasteiger partial charge in [0.05, 0.1) is 6.04 Å². The van der Waals surface area contributed by atoms with Crippen LogP contribution in [0.5, 0.6) is 0 Å². The van der Waals surface area contributed by atoms with Gasteiger partial charge in [-0.1, -0.05) is 13.0 Å². The van der Waals surface area contributed by atoms with Crippen LogP contribution in [0.2, 0.25) is 0 Å². The highest BCUT2D eigenvalue weighted by Gasteiger charge is 2.25. The average molecular weight is 241 g/mol. The SMILES string of the molecule is CCCN1CC(Nc2ccc3cnccc3c2)C1. The summed E-state index contributed by atoms with van der Waals surface area (Å²) in [5, 5.41) is 6.04. The van der Waals surface area contributed by atoms with E-state index < -0.39 is 0 Å². The third kappa shape index (κ3) is 2.31. The molecular weight excluding hydrogens is 222 g/mol. The minimum Gasteiger partial charge on any atom is -0.380 e. The van der Waals surface area contributed by atoms with Crippen LogP contribution in [0, 0.1) is 0 Å². The van der Waals surface area contributed by atoms with Crippen LogP contribution in [-0.4, -0.2) is 35.6 Å². The van der Waals surface area contributed by atoms with Crippen molar-refractivity contribution in [3.8, 4) is 0 Å². The van der Waals surface area contributed by atoms with E-state index in [9.17, 15) is 0 Å². The van der Waals surface area contributed by atoms with Crippen molar-refractivity contribution < 1.29 is 0 Å². The van der Waals surface area contributed by atoms with Gasteiger partial charge in [-0.25, -0.2) is 0 Å². The second kappa shape index (κ2) is 4.94. The first-order chi connectivity index (χ1) is 8.85. The number of benzene rings is 1. The largest absolute Gasteiger partial charge is 0.380 e. The van der Waals surface area contributed by atoms with E-state index in [1.807, 2.05) is 12.4 Å². The lowest BCUT2D eigenvalue weighted by Crippen LogP contribution is -2.54. The van der Waals surface area contributed by atoms with Crippen LogP contribution < -0.4 is 5.32 Å². The molecule has 0 aliphatic carbocycles. The fraction of sp³-hybridized carbons (Fsp3) is 0.400. The van der Waals surface area contributed by atoms with E-state index in [4.69, 9.17) is 0 Å². The molecule has 0 saturated carbocycles. The van der Waals surface area contributed by atoms with Gasteiger partial charge in [-0.15, -0.1) is 0 Å². The molecule has 1 saturated heterocycles. The molecule has 3 nitrogen and oxygen atoms in total. The summed E-state index contributed by atoms with van der Waals surface area (Å²) in [5.74, 6) is 0. The molecule has 0 bridgehead atoms. The smallest absolute Gasteiger partial charge is 0.0515 e. The Morgan fingerprint density at radius 3 is 3.00 bits per heavy atom. The molecule has 0 spiro atoms. The summed E-state index contributed by atoms with van der Waals surface area (Å²) in [6.45, 7) is 5.80. The molecule has 2 aromatic rings. The summed E-state index contributed by atoms with van der Waals surface area (Å²) in [6.07, 6.45) is 5.00. The van der Waals surface area contributed by atoms with Gasteiger partial charge in [-0.3, -0.25) is 9.88 Å². The van der Waals surface area contributed by atoms with Crippen LogP contribution in [0.4, 0.5) is 5.69 Å². The summed E-state index contributed by atoms with van der Waals surface area (Å²) in [7, 11) is 0. The van der Waals surface area contributed by atoms with Gasteiger partial charge >= 0.3 is 0 Å². The van der Waals surface area contributed by atoms with Crippen molar-refractivity contribution in [2.24, 2.45) is 0 Å². The van der Waals surface area contributed by atoms with Crippen LogP contribution in [-0.2, 0) is 0 Å². The number of rotatable bonds is 4. The molecule has 94 valence electrons. The zero-order chi connectivity index (χ0) is 12.4. The number of nitrogens with one attached hydrogen (secondary N) is 1. The van der Waals surface area contributed by atoms with Crippen molar-refractivity contribution in [2.45, 2.75) is 19.4 Å². The molecule has 0 unspecified atom stereocenters. The zero-order valence-electron chi connectivity index (χ0n) is 10.8. The third-order valence-electron chi connectivity index (χ3n) is 3.51. The highest BCUT2D eigenvalue weighted by Crippen LogP contribution is 2.20. The predicted molar refractivity (Wildman–Crippen MR) is 75.9 cm³/mol. The Balaban J connectivity index is 1.65. The number of anilines is 1. The minimum absolute atomic E-state index is 0.607. The van der Waals surface area contributed by atoms with E-state index in [2.05, 4.69) is 46.4 Å². The second-order valence-electron chi connectivity index (χ2n) is 5.04. The quantitative estimate of drug-likeness (QED) is 0.892. The Labute approximate surface area is 108 Å². The minimum atomic E-state index is 0.607. The maximum Gasteiger partial charge on any atom is 0.0515 e. The van der Waals surface area contributed by atoms with E-state index in [1.54, 1.807) is 0 Å². The van der Waals surface area contributed by atoms with Crippen molar-refractivity contribution in [3.05, 3.63) is 36.7 Å². The molecule has 0 radical (unpaired) electrons. The Bertz CT molecular complexity index is 532. The van der Waals surface area contributed by atoms with E-state index >= 15 is 0 Å². The first kappa shape index (κ1) is 11.5. The van der Waals surface area contributed by atoms with Gasteiger partial charge in [0.25, 0.3) is 0 Å². The molecule has 2 heterocycles. The molecule has 3 heteroatoms. The van der Waals surface area contributed by atoms with Crippen LogP contribution >= 0.6 is 0 Å². The number of pyridine rings is 1. The second-order valence-corrected chi connectivity index (χ2v) is 5.04. The summed E-state index contributed by atoms with van der Waals surface area (Å²) >= 11 is 0. The Hall–Kier alpha value is -1.61. The van der Waals surface area contributed by atoms with Gasteiger partial charge in [0.15, 0.2) is 0 Å². The van der Waals surface area contributed by atoms with Crippen molar-refractivity contribution >= 4 is 16.5 Å². The third-order valence-corrected chi connectivity index (χ3v) is 3.51. The number of nitrogens with zero attached hydrogens (tertiary/aromatic N) is 2. The fourth-order valence-corrected chi connectivity index (χ4v) is 2.57. The number of hydrogen-bond acceptors (Lipinski definition) is 3. The van der Waals surface area contributed by atoms with E-state index in [-0.39, 0.29) is 0 Å². The maximum absolute atomic E-state index is 4.13. The highest BCUT2D eigenvalue weighted by molar-refractivity contribution is 5.84. The normalized spacial score (nSPS) is 16.7. The van der Waals surface area contributed by atoms with Gasteiger partial charge in [-0.2, -0.15) is 0 Å². The van der Waals surface area contributed by atoms with Crippen molar-refractivity contribution in [1.82, 2.24) is 9.88 Å². The monoisotopic (exact) mass is 241 g/mol. The first-order valence-electron chi connectivity index (χ1n) is 6.68. The maximum atomic E-state index is 4.13. The first-order valence-corrected chi connectivity index (χ1v) is 6.68. The number of hydrogen-bond donors (Lipinski definition) is 1. The van der Waals surface area contributed by atoms with Crippen LogP contribution in [0.25, 0.3) is 10.8 Å². The number of likely N-dealkylation sites (tertiary alicyclic amines) is 1. The molecule has 1 aliphatic heterocycles. The molecule has 1 N–H and O–H groups in total. The fourth-order valence-electron chi connectivity index (χ4n) is 2.57. The van der Waals surface area contributed by atoms with Crippen LogP contribution in [0.15, 0.2) is 36.7 Å². The molecule has 0 atom stereocenters. The van der Waals surface area contributed by atoms with Gasteiger partial charge < -0.3 is 5.32 Å². The molecular formula is C15H19N3. The van der Waals surface area contributed by atoms with Crippen molar-refractivity contribution in [3.63, 3.8) is 0 Å². The van der Waals surface area contributed by atoms with Crippen molar-refractivity contribution in [2.75, 3.05) is 25.0 Å². The van der Waals surface area contributed by atoms with Crippen LogP contribution in [0.3, 0.4) is 0 Å². The lowest BCUT2D eigenvalue weighted by atomic mass is 10.1. The summed E-state index contributed by atoms with van der Waals surface area (Å²) in [4.78, 5) is 6.62. The standard InChI is InChI=1S/C15H19N3/c1-2-7-18-10-15(11-18)17-14-4-3-13-9-16-6-5-12(13)8-14/h3-6,8-9,15,17H,2,7,10-11H2,1H3. The van der Waals surface area contributed by atoms with Gasteiger partial charge in [0.1, 0.15) is 0 Å². The van der Waals surface area contributed by atoms with Crippen LogP contribution in [0.1, 0.15) is 13.3 Å². The van der Waals surface area contributed by atoms with E-state index in [0.717, 1.165) is 0 Å². The summed E-state index contributed by atoms with van der Waals surface area (Å²) in [6, 6.07) is 9.15. The lowest BCUT2D eigenvalue weighted by molar-refractivity contribution is 0.162. The zero-order valence-corrected chi connectivity index (χ0v) is 10.8. The number of aromatic nitrogens is 1. The molecule has 18 heavy (non-hydrogen) atoms. The lowest BCUT2D eigenvalue weighted by Gasteiger charge is -2.40. The molecule has 1 aromatic carbocycles. The summed E-state index contributed by atoms with van der Waals surface area (Å²) < 4.78 is 0. The van der Waals surface area contributed by atoms with E-state index in [0.29, 0.717) is 6.04 Å². The molecule has 0 amide bonds. The Kier molecular flexibility index (Phi) is 3.15. The predicted octanol–water partition coefficient (Wildman–Crippen LogP) is 2.74. The van der Waals surface area contributed by atoms with Gasteiger partial charge in [0.2, 0.25) is 0 Å². The summed E-state index contributed by atoms with van der Waals surface area (Å²) in [5.41, 5.74) is 1.22. The molecule has 1 aliphatic rings. The van der Waals surface area contributed by atoms with E-state index in [1.165, 1.54) is 42.5 Å². The topological polar surface area (TPSA) is 28.2 Å². The highest BCUT2D eigenvalue weighted by atomic mass is 15.2. The Morgan fingerprint density at radius 1 is 1.28 bits per heavy atom. The molecule has 3 rings (SSSR count).